The third-order valence-electron chi connectivity index (χ3n) is 5.48. The van der Waals surface area contributed by atoms with Crippen LogP contribution in [0.4, 0.5) is 0 Å². The van der Waals surface area contributed by atoms with Crippen molar-refractivity contribution >= 4 is 12.0 Å². The number of carbonyl (C=O) groups excluding carboxylic acids is 1. The molecule has 3 rings (SSSR count). The van der Waals surface area contributed by atoms with Gasteiger partial charge >= 0.3 is 0 Å². The molecule has 1 aliphatic rings. The molecule has 6 heteroatoms. The van der Waals surface area contributed by atoms with E-state index in [0.29, 0.717) is 18.0 Å². The second kappa shape index (κ2) is 11.5. The smallest absolute Gasteiger partial charge is 0.247 e. The Kier molecular flexibility index (Phi) is 8.50. The van der Waals surface area contributed by atoms with Crippen molar-refractivity contribution in [2.45, 2.75) is 19.5 Å². The van der Waals surface area contributed by atoms with E-state index >= 15 is 0 Å². The zero-order chi connectivity index (χ0) is 22.1. The molecule has 2 aromatic rings. The van der Waals surface area contributed by atoms with E-state index in [1.165, 1.54) is 0 Å². The predicted octanol–water partition coefficient (Wildman–Crippen LogP) is 3.47. The quantitative estimate of drug-likeness (QED) is 0.577. The molecule has 1 unspecified atom stereocenters. The molecule has 166 valence electrons. The number of morpholine rings is 1. The van der Waals surface area contributed by atoms with Gasteiger partial charge in [0.1, 0.15) is 11.5 Å². The molecule has 0 radical (unpaired) electrons. The molecule has 0 bridgehead atoms. The fourth-order valence-corrected chi connectivity index (χ4v) is 3.70. The lowest BCUT2D eigenvalue weighted by Gasteiger charge is -2.34. The van der Waals surface area contributed by atoms with Crippen molar-refractivity contribution < 1.29 is 19.0 Å². The predicted molar refractivity (Wildman–Crippen MR) is 122 cm³/mol. The van der Waals surface area contributed by atoms with Crippen molar-refractivity contribution in [3.05, 3.63) is 65.7 Å². The first-order valence-electron chi connectivity index (χ1n) is 10.7. The van der Waals surface area contributed by atoms with Crippen LogP contribution in [0.5, 0.6) is 11.5 Å². The maximum atomic E-state index is 13.3. The van der Waals surface area contributed by atoms with Crippen molar-refractivity contribution in [3.63, 3.8) is 0 Å². The van der Waals surface area contributed by atoms with Crippen LogP contribution in [0.25, 0.3) is 6.08 Å². The molecule has 1 fully saturated rings. The maximum absolute atomic E-state index is 13.3. The van der Waals surface area contributed by atoms with Gasteiger partial charge in [0, 0.05) is 49.9 Å². The van der Waals surface area contributed by atoms with Crippen molar-refractivity contribution in [2.24, 2.45) is 0 Å². The third kappa shape index (κ3) is 6.57. The monoisotopic (exact) mass is 424 g/mol. The summed E-state index contributed by atoms with van der Waals surface area (Å²) in [6.07, 6.45) is 3.43. The minimum atomic E-state index is -0.0255. The molecule has 0 spiro atoms. The van der Waals surface area contributed by atoms with Crippen LogP contribution in [0, 0.1) is 0 Å². The summed E-state index contributed by atoms with van der Waals surface area (Å²) in [5.74, 6) is 1.35. The van der Waals surface area contributed by atoms with Gasteiger partial charge in [-0.2, -0.15) is 0 Å². The lowest BCUT2D eigenvalue weighted by atomic mass is 10.1. The molecule has 6 nitrogen and oxygen atoms in total. The molecular formula is C25H32N2O4. The van der Waals surface area contributed by atoms with Crippen LogP contribution in [0.1, 0.15) is 18.1 Å². The van der Waals surface area contributed by atoms with Crippen LogP contribution in [0.2, 0.25) is 0 Å². The molecule has 31 heavy (non-hydrogen) atoms. The summed E-state index contributed by atoms with van der Waals surface area (Å²) < 4.78 is 16.2. The SMILES string of the molecule is COc1ccc(/C=C/C(=O)N(Cc2ccccc2)C(C)CN2CCOCC2)c(OC)c1. The molecule has 0 saturated carbocycles. The summed E-state index contributed by atoms with van der Waals surface area (Å²) in [5, 5.41) is 0. The summed E-state index contributed by atoms with van der Waals surface area (Å²) in [7, 11) is 3.23. The molecule has 1 amide bonds. The number of ether oxygens (including phenoxy) is 3. The fourth-order valence-electron chi connectivity index (χ4n) is 3.70. The summed E-state index contributed by atoms with van der Waals surface area (Å²) in [5.41, 5.74) is 1.94. The minimum Gasteiger partial charge on any atom is -0.497 e. The number of hydrogen-bond acceptors (Lipinski definition) is 5. The van der Waals surface area contributed by atoms with Gasteiger partial charge < -0.3 is 19.1 Å². The number of amides is 1. The third-order valence-corrected chi connectivity index (χ3v) is 5.48. The van der Waals surface area contributed by atoms with Crippen LogP contribution in [0.3, 0.4) is 0 Å². The Hall–Kier alpha value is -2.83. The molecule has 1 aliphatic heterocycles. The van der Waals surface area contributed by atoms with Crippen LogP contribution in [-0.2, 0) is 16.1 Å². The molecule has 1 saturated heterocycles. The van der Waals surface area contributed by atoms with Gasteiger partial charge in [0.05, 0.1) is 27.4 Å². The summed E-state index contributed by atoms with van der Waals surface area (Å²) in [6.45, 7) is 6.79. The van der Waals surface area contributed by atoms with Gasteiger partial charge in [0.25, 0.3) is 0 Å². The number of nitrogens with zero attached hydrogens (tertiary/aromatic N) is 2. The van der Waals surface area contributed by atoms with Crippen LogP contribution >= 0.6 is 0 Å². The van der Waals surface area contributed by atoms with Gasteiger partial charge in [-0.1, -0.05) is 30.3 Å². The Labute approximate surface area is 185 Å². The summed E-state index contributed by atoms with van der Waals surface area (Å²) in [4.78, 5) is 17.5. The molecule has 2 aromatic carbocycles. The Balaban J connectivity index is 1.77. The molecule has 0 N–H and O–H groups in total. The topological polar surface area (TPSA) is 51.2 Å². The Morgan fingerprint density at radius 2 is 1.87 bits per heavy atom. The fraction of sp³-hybridized carbons (Fsp3) is 0.400. The lowest BCUT2D eigenvalue weighted by molar-refractivity contribution is -0.129. The highest BCUT2D eigenvalue weighted by atomic mass is 16.5. The lowest BCUT2D eigenvalue weighted by Crippen LogP contribution is -2.47. The van der Waals surface area contributed by atoms with E-state index in [1.54, 1.807) is 26.4 Å². The normalized spacial score (nSPS) is 15.6. The van der Waals surface area contributed by atoms with Gasteiger partial charge in [-0.3, -0.25) is 9.69 Å². The highest BCUT2D eigenvalue weighted by Gasteiger charge is 2.22. The van der Waals surface area contributed by atoms with E-state index in [-0.39, 0.29) is 11.9 Å². The van der Waals surface area contributed by atoms with E-state index < -0.39 is 0 Å². The van der Waals surface area contributed by atoms with E-state index in [2.05, 4.69) is 24.0 Å². The number of rotatable bonds is 9. The van der Waals surface area contributed by atoms with Gasteiger partial charge in [-0.05, 0) is 30.7 Å². The summed E-state index contributed by atoms with van der Waals surface area (Å²) in [6, 6.07) is 15.7. The maximum Gasteiger partial charge on any atom is 0.247 e. The number of methoxy groups -OCH3 is 2. The van der Waals surface area contributed by atoms with E-state index in [0.717, 1.165) is 44.0 Å². The van der Waals surface area contributed by atoms with E-state index in [9.17, 15) is 4.79 Å². The van der Waals surface area contributed by atoms with Gasteiger partial charge in [0.15, 0.2) is 0 Å². The van der Waals surface area contributed by atoms with Gasteiger partial charge in [-0.25, -0.2) is 0 Å². The van der Waals surface area contributed by atoms with Crippen molar-refractivity contribution in [1.29, 1.82) is 0 Å². The summed E-state index contributed by atoms with van der Waals surface area (Å²) >= 11 is 0. The number of benzene rings is 2. The molecular weight excluding hydrogens is 392 g/mol. The minimum absolute atomic E-state index is 0.0255. The van der Waals surface area contributed by atoms with Gasteiger partial charge in [-0.15, -0.1) is 0 Å². The first kappa shape index (κ1) is 22.8. The standard InChI is InChI=1S/C25H32N2O4/c1-20(18-26-13-15-31-16-14-26)27(19-21-7-5-4-6-8-21)25(28)12-10-22-9-11-23(29-2)17-24(22)30-3/h4-12,17,20H,13-16,18-19H2,1-3H3/b12-10+. The second-order valence-corrected chi connectivity index (χ2v) is 7.65. The average Bonchev–Trinajstić information content (AvgIpc) is 2.82. The van der Waals surface area contributed by atoms with Crippen molar-refractivity contribution in [2.75, 3.05) is 47.1 Å². The second-order valence-electron chi connectivity index (χ2n) is 7.65. The molecule has 0 aromatic heterocycles. The van der Waals surface area contributed by atoms with E-state index in [4.69, 9.17) is 14.2 Å². The van der Waals surface area contributed by atoms with Crippen LogP contribution < -0.4 is 9.47 Å². The largest absolute Gasteiger partial charge is 0.497 e. The molecule has 1 heterocycles. The van der Waals surface area contributed by atoms with Gasteiger partial charge in [0.2, 0.25) is 5.91 Å². The Morgan fingerprint density at radius 1 is 1.13 bits per heavy atom. The van der Waals surface area contributed by atoms with Crippen LogP contribution in [-0.4, -0.2) is 68.8 Å². The zero-order valence-corrected chi connectivity index (χ0v) is 18.6. The Morgan fingerprint density at radius 3 is 2.55 bits per heavy atom. The first-order chi connectivity index (χ1) is 15.1. The van der Waals surface area contributed by atoms with E-state index in [1.807, 2.05) is 41.3 Å². The number of carbonyl (C=O) groups is 1. The first-order valence-corrected chi connectivity index (χ1v) is 10.7. The van der Waals surface area contributed by atoms with Crippen LogP contribution in [0.15, 0.2) is 54.6 Å². The average molecular weight is 425 g/mol. The number of hydrogen-bond donors (Lipinski definition) is 0. The Bertz CT molecular complexity index is 863. The highest BCUT2D eigenvalue weighted by Crippen LogP contribution is 2.25. The zero-order valence-electron chi connectivity index (χ0n) is 18.6. The highest BCUT2D eigenvalue weighted by molar-refractivity contribution is 5.92. The van der Waals surface area contributed by atoms with Crippen molar-refractivity contribution in [1.82, 2.24) is 9.80 Å². The molecule has 0 aliphatic carbocycles. The van der Waals surface area contributed by atoms with Crippen molar-refractivity contribution in [3.8, 4) is 11.5 Å². The molecule has 1 atom stereocenters.